The highest BCUT2D eigenvalue weighted by Gasteiger charge is 2.15. The standard InChI is InChI=1S/C21H22N4O2/c1-15-6-4-5-7-20(15)27-17(3)21(26)24-23-16(2)18-8-10-19(11-9-18)25-13-12-22-14-25/h4-14,17H,1-3H3,(H,24,26)/b23-16-/t17-/m1/s1. The molecule has 0 aliphatic heterocycles. The van der Waals surface area contributed by atoms with Crippen LogP contribution in [0.2, 0.25) is 0 Å². The average molecular weight is 362 g/mol. The summed E-state index contributed by atoms with van der Waals surface area (Å²) in [5.74, 6) is 0.392. The van der Waals surface area contributed by atoms with Crippen molar-refractivity contribution in [1.29, 1.82) is 0 Å². The van der Waals surface area contributed by atoms with Gasteiger partial charge in [0.15, 0.2) is 6.10 Å². The highest BCUT2D eigenvalue weighted by Crippen LogP contribution is 2.17. The van der Waals surface area contributed by atoms with E-state index in [4.69, 9.17) is 4.74 Å². The van der Waals surface area contributed by atoms with Crippen LogP contribution in [-0.4, -0.2) is 27.3 Å². The van der Waals surface area contributed by atoms with Gasteiger partial charge in [-0.25, -0.2) is 10.4 Å². The van der Waals surface area contributed by atoms with Crippen molar-refractivity contribution in [1.82, 2.24) is 15.0 Å². The molecule has 1 heterocycles. The summed E-state index contributed by atoms with van der Waals surface area (Å²) in [5, 5.41) is 4.19. The van der Waals surface area contributed by atoms with Crippen LogP contribution in [0.3, 0.4) is 0 Å². The minimum atomic E-state index is -0.647. The number of amides is 1. The zero-order valence-corrected chi connectivity index (χ0v) is 15.6. The van der Waals surface area contributed by atoms with E-state index in [-0.39, 0.29) is 5.91 Å². The normalized spacial score (nSPS) is 12.5. The van der Waals surface area contributed by atoms with Crippen LogP contribution in [0.5, 0.6) is 5.75 Å². The number of nitrogens with one attached hydrogen (secondary N) is 1. The van der Waals surface area contributed by atoms with Gasteiger partial charge in [0, 0.05) is 18.1 Å². The number of hydrogen-bond acceptors (Lipinski definition) is 4. The lowest BCUT2D eigenvalue weighted by atomic mass is 10.1. The second-order valence-electron chi connectivity index (χ2n) is 6.22. The van der Waals surface area contributed by atoms with Gasteiger partial charge in [0.1, 0.15) is 5.75 Å². The first-order chi connectivity index (χ1) is 13.0. The highest BCUT2D eigenvalue weighted by atomic mass is 16.5. The molecule has 1 aromatic heterocycles. The van der Waals surface area contributed by atoms with Crippen LogP contribution in [0.4, 0.5) is 0 Å². The molecule has 3 rings (SSSR count). The van der Waals surface area contributed by atoms with Gasteiger partial charge in [-0.1, -0.05) is 30.3 Å². The molecule has 6 nitrogen and oxygen atoms in total. The Morgan fingerprint density at radius 2 is 1.93 bits per heavy atom. The van der Waals surface area contributed by atoms with Crippen LogP contribution in [0.15, 0.2) is 72.4 Å². The van der Waals surface area contributed by atoms with E-state index >= 15 is 0 Å². The number of hydrazone groups is 1. The van der Waals surface area contributed by atoms with E-state index in [0.717, 1.165) is 16.8 Å². The van der Waals surface area contributed by atoms with Gasteiger partial charge in [0.2, 0.25) is 0 Å². The van der Waals surface area contributed by atoms with E-state index in [1.807, 2.05) is 73.1 Å². The summed E-state index contributed by atoms with van der Waals surface area (Å²) in [5.41, 5.74) is 6.19. The molecule has 0 bridgehead atoms. The van der Waals surface area contributed by atoms with Crippen LogP contribution in [0.25, 0.3) is 5.69 Å². The Kier molecular flexibility index (Phi) is 5.66. The molecule has 0 saturated heterocycles. The number of ether oxygens (including phenoxy) is 1. The van der Waals surface area contributed by atoms with Crippen molar-refractivity contribution in [3.8, 4) is 11.4 Å². The third-order valence-corrected chi connectivity index (χ3v) is 4.19. The van der Waals surface area contributed by atoms with Gasteiger partial charge in [-0.3, -0.25) is 4.79 Å². The van der Waals surface area contributed by atoms with Crippen LogP contribution >= 0.6 is 0 Å². The molecule has 0 saturated carbocycles. The maximum Gasteiger partial charge on any atom is 0.280 e. The Balaban J connectivity index is 1.61. The number of hydrogen-bond donors (Lipinski definition) is 1. The number of nitrogens with zero attached hydrogens (tertiary/aromatic N) is 3. The first-order valence-corrected chi connectivity index (χ1v) is 8.70. The van der Waals surface area contributed by atoms with Crippen molar-refractivity contribution in [2.45, 2.75) is 26.9 Å². The predicted octanol–water partition coefficient (Wildman–Crippen LogP) is 3.49. The van der Waals surface area contributed by atoms with Crippen molar-refractivity contribution in [2.24, 2.45) is 5.10 Å². The van der Waals surface area contributed by atoms with E-state index in [1.54, 1.807) is 19.4 Å². The van der Waals surface area contributed by atoms with Crippen molar-refractivity contribution in [3.05, 3.63) is 78.4 Å². The maximum absolute atomic E-state index is 12.3. The molecule has 27 heavy (non-hydrogen) atoms. The van der Waals surface area contributed by atoms with E-state index in [2.05, 4.69) is 15.5 Å². The van der Waals surface area contributed by atoms with Crippen LogP contribution < -0.4 is 10.2 Å². The zero-order chi connectivity index (χ0) is 19.2. The average Bonchev–Trinajstić information content (AvgIpc) is 3.22. The summed E-state index contributed by atoms with van der Waals surface area (Å²) in [6, 6.07) is 15.4. The monoisotopic (exact) mass is 362 g/mol. The Morgan fingerprint density at radius 3 is 2.59 bits per heavy atom. The molecule has 2 aromatic carbocycles. The topological polar surface area (TPSA) is 68.5 Å². The quantitative estimate of drug-likeness (QED) is 0.539. The van der Waals surface area contributed by atoms with Crippen molar-refractivity contribution in [3.63, 3.8) is 0 Å². The van der Waals surface area contributed by atoms with Crippen LogP contribution in [-0.2, 0) is 4.79 Å². The Morgan fingerprint density at radius 1 is 1.19 bits per heavy atom. The molecule has 1 atom stereocenters. The number of rotatable bonds is 6. The minimum absolute atomic E-state index is 0.298. The number of carbonyl (C=O) groups excluding carboxylic acids is 1. The number of para-hydroxylation sites is 1. The van der Waals surface area contributed by atoms with Gasteiger partial charge < -0.3 is 9.30 Å². The van der Waals surface area contributed by atoms with Gasteiger partial charge in [-0.15, -0.1) is 0 Å². The third kappa shape index (κ3) is 4.61. The lowest BCUT2D eigenvalue weighted by molar-refractivity contribution is -0.127. The molecule has 0 aliphatic carbocycles. The number of carbonyl (C=O) groups is 1. The fraction of sp³-hybridized carbons (Fsp3) is 0.190. The molecular formula is C21H22N4O2. The molecule has 138 valence electrons. The molecule has 1 amide bonds. The van der Waals surface area contributed by atoms with E-state index in [0.29, 0.717) is 11.5 Å². The third-order valence-electron chi connectivity index (χ3n) is 4.19. The molecule has 0 fully saturated rings. The Hall–Kier alpha value is -3.41. The second kappa shape index (κ2) is 8.31. The second-order valence-corrected chi connectivity index (χ2v) is 6.22. The van der Waals surface area contributed by atoms with Crippen LogP contribution in [0.1, 0.15) is 25.0 Å². The van der Waals surface area contributed by atoms with Crippen molar-refractivity contribution in [2.75, 3.05) is 0 Å². The summed E-state index contributed by atoms with van der Waals surface area (Å²) < 4.78 is 7.63. The SMILES string of the molecule is C/C(=N/NC(=O)[C@@H](C)Oc1ccccc1C)c1ccc(-n2ccnc2)cc1. The summed E-state index contributed by atoms with van der Waals surface area (Å²) in [6.07, 6.45) is 4.71. The van der Waals surface area contributed by atoms with Gasteiger partial charge >= 0.3 is 0 Å². The molecule has 1 N–H and O–H groups in total. The molecule has 6 heteroatoms. The van der Waals surface area contributed by atoms with Gasteiger partial charge in [0.25, 0.3) is 5.91 Å². The zero-order valence-electron chi connectivity index (χ0n) is 15.6. The predicted molar refractivity (Wildman–Crippen MR) is 105 cm³/mol. The molecule has 0 aliphatic rings. The van der Waals surface area contributed by atoms with Gasteiger partial charge in [-0.2, -0.15) is 5.10 Å². The number of benzene rings is 2. The van der Waals surface area contributed by atoms with Gasteiger partial charge in [0.05, 0.1) is 12.0 Å². The number of aryl methyl sites for hydroxylation is 1. The maximum atomic E-state index is 12.3. The first-order valence-electron chi connectivity index (χ1n) is 8.70. The molecular weight excluding hydrogens is 340 g/mol. The largest absolute Gasteiger partial charge is 0.481 e. The lowest BCUT2D eigenvalue weighted by Crippen LogP contribution is -2.34. The fourth-order valence-electron chi connectivity index (χ4n) is 2.51. The minimum Gasteiger partial charge on any atom is -0.481 e. The fourth-order valence-corrected chi connectivity index (χ4v) is 2.51. The Bertz CT molecular complexity index is 931. The summed E-state index contributed by atoms with van der Waals surface area (Å²) in [6.45, 7) is 5.49. The van der Waals surface area contributed by atoms with Gasteiger partial charge in [-0.05, 0) is 50.1 Å². The number of imidazole rings is 1. The number of aromatic nitrogens is 2. The lowest BCUT2D eigenvalue weighted by Gasteiger charge is -2.15. The van der Waals surface area contributed by atoms with Crippen molar-refractivity contribution < 1.29 is 9.53 Å². The molecule has 0 unspecified atom stereocenters. The molecule has 0 radical (unpaired) electrons. The molecule has 0 spiro atoms. The van der Waals surface area contributed by atoms with Crippen LogP contribution in [0, 0.1) is 6.92 Å². The molecule has 3 aromatic rings. The van der Waals surface area contributed by atoms with E-state index < -0.39 is 6.10 Å². The summed E-state index contributed by atoms with van der Waals surface area (Å²) in [7, 11) is 0. The summed E-state index contributed by atoms with van der Waals surface area (Å²) >= 11 is 0. The Labute approximate surface area is 158 Å². The smallest absolute Gasteiger partial charge is 0.280 e. The highest BCUT2D eigenvalue weighted by molar-refractivity contribution is 5.99. The first kappa shape index (κ1) is 18.4. The van der Waals surface area contributed by atoms with E-state index in [1.165, 1.54) is 0 Å². The van der Waals surface area contributed by atoms with E-state index in [9.17, 15) is 4.79 Å². The van der Waals surface area contributed by atoms with Crippen molar-refractivity contribution >= 4 is 11.6 Å². The summed E-state index contributed by atoms with van der Waals surface area (Å²) in [4.78, 5) is 16.3.